The van der Waals surface area contributed by atoms with Crippen molar-refractivity contribution in [3.8, 4) is 0 Å². The van der Waals surface area contributed by atoms with Crippen LogP contribution in [-0.4, -0.2) is 61.8 Å². The number of piperazine rings is 1. The third kappa shape index (κ3) is 3.63. The van der Waals surface area contributed by atoms with E-state index >= 15 is 0 Å². The molecule has 0 radical (unpaired) electrons. The molecule has 4 heterocycles. The molecule has 1 fully saturated rings. The highest BCUT2D eigenvalue weighted by Gasteiger charge is 2.22. The molecule has 0 saturated carbocycles. The zero-order valence-corrected chi connectivity index (χ0v) is 14.3. The molecule has 2 aliphatic heterocycles. The van der Waals surface area contributed by atoms with Crippen LogP contribution in [0.3, 0.4) is 0 Å². The number of urea groups is 1. The van der Waals surface area contributed by atoms with E-state index in [-0.39, 0.29) is 6.03 Å². The Morgan fingerprint density at radius 1 is 1.08 bits per heavy atom. The Morgan fingerprint density at radius 2 is 1.88 bits per heavy atom. The van der Waals surface area contributed by atoms with Crippen LogP contribution < -0.4 is 5.32 Å². The van der Waals surface area contributed by atoms with Gasteiger partial charge < -0.3 is 14.8 Å². The van der Waals surface area contributed by atoms with Crippen LogP contribution in [0.5, 0.6) is 0 Å². The lowest BCUT2D eigenvalue weighted by Crippen LogP contribution is -2.51. The minimum atomic E-state index is -0.0149. The lowest BCUT2D eigenvalue weighted by molar-refractivity contribution is 0.135. The van der Waals surface area contributed by atoms with Gasteiger partial charge in [-0.05, 0) is 24.1 Å². The van der Waals surface area contributed by atoms with E-state index in [1.165, 1.54) is 5.56 Å². The summed E-state index contributed by atoms with van der Waals surface area (Å²) in [6.07, 6.45) is 5.74. The monoisotopic (exact) mass is 341 g/mol. The zero-order chi connectivity index (χ0) is 17.1. The number of fused-ring (bicyclic) bond motifs is 1. The smallest absolute Gasteiger partial charge is 0.317 e. The van der Waals surface area contributed by atoms with Gasteiger partial charge in [0, 0.05) is 58.1 Å². The summed E-state index contributed by atoms with van der Waals surface area (Å²) in [6, 6.07) is 4.06. The number of rotatable bonds is 4. The summed E-state index contributed by atoms with van der Waals surface area (Å²) in [6.45, 7) is 5.57. The van der Waals surface area contributed by atoms with Gasteiger partial charge in [0.15, 0.2) is 5.82 Å². The summed E-state index contributed by atoms with van der Waals surface area (Å²) >= 11 is 0. The number of nitrogens with one attached hydrogen (secondary N) is 1. The van der Waals surface area contributed by atoms with Crippen molar-refractivity contribution in [3.63, 3.8) is 0 Å². The average molecular weight is 341 g/mol. The second-order valence-electron chi connectivity index (χ2n) is 6.57. The first-order chi connectivity index (χ1) is 12.3. The molecular weight excluding hydrogens is 318 g/mol. The van der Waals surface area contributed by atoms with Crippen LogP contribution in [0.2, 0.25) is 0 Å². The van der Waals surface area contributed by atoms with Crippen molar-refractivity contribution in [3.05, 3.63) is 41.7 Å². The molecule has 2 aliphatic rings. The fourth-order valence-electron chi connectivity index (χ4n) is 3.46. The van der Waals surface area contributed by atoms with Crippen molar-refractivity contribution in [1.82, 2.24) is 34.9 Å². The van der Waals surface area contributed by atoms with E-state index in [1.807, 2.05) is 29.4 Å². The molecule has 25 heavy (non-hydrogen) atoms. The zero-order valence-electron chi connectivity index (χ0n) is 14.3. The van der Waals surface area contributed by atoms with E-state index in [9.17, 15) is 4.79 Å². The van der Waals surface area contributed by atoms with Crippen molar-refractivity contribution < 1.29 is 4.79 Å². The molecule has 1 N–H and O–H groups in total. The molecule has 4 rings (SSSR count). The Bertz CT molecular complexity index is 722. The summed E-state index contributed by atoms with van der Waals surface area (Å²) in [5.74, 6) is 1.89. The second kappa shape index (κ2) is 7.18. The van der Waals surface area contributed by atoms with Crippen molar-refractivity contribution in [2.45, 2.75) is 32.5 Å². The number of hydrogen-bond acceptors (Lipinski definition) is 5. The van der Waals surface area contributed by atoms with Gasteiger partial charge in [0.05, 0.1) is 6.54 Å². The number of carbonyl (C=O) groups is 1. The molecule has 0 aromatic carbocycles. The van der Waals surface area contributed by atoms with E-state index in [0.29, 0.717) is 6.54 Å². The van der Waals surface area contributed by atoms with E-state index in [4.69, 9.17) is 0 Å². The van der Waals surface area contributed by atoms with Gasteiger partial charge >= 0.3 is 6.03 Å². The first kappa shape index (κ1) is 16.0. The number of nitrogens with zero attached hydrogens (tertiary/aromatic N) is 6. The lowest BCUT2D eigenvalue weighted by atomic mass is 10.2. The molecule has 0 spiro atoms. The third-order valence-corrected chi connectivity index (χ3v) is 4.90. The molecule has 2 aromatic rings. The maximum absolute atomic E-state index is 12.4. The highest BCUT2D eigenvalue weighted by Crippen LogP contribution is 2.14. The Balaban J connectivity index is 1.24. The predicted molar refractivity (Wildman–Crippen MR) is 91.7 cm³/mol. The normalized spacial score (nSPS) is 17.5. The van der Waals surface area contributed by atoms with E-state index in [2.05, 4.69) is 30.0 Å². The predicted octanol–water partition coefficient (Wildman–Crippen LogP) is 0.647. The Kier molecular flexibility index (Phi) is 4.60. The molecule has 0 aliphatic carbocycles. The molecule has 2 aromatic heterocycles. The molecule has 2 amide bonds. The van der Waals surface area contributed by atoms with Crippen LogP contribution in [0, 0.1) is 0 Å². The van der Waals surface area contributed by atoms with E-state index in [1.54, 1.807) is 0 Å². The summed E-state index contributed by atoms with van der Waals surface area (Å²) in [5.41, 5.74) is 1.26. The maximum Gasteiger partial charge on any atom is 0.317 e. The Labute approximate surface area is 146 Å². The first-order valence-electron chi connectivity index (χ1n) is 8.84. The van der Waals surface area contributed by atoms with Crippen LogP contribution in [-0.2, 0) is 26.1 Å². The van der Waals surface area contributed by atoms with Crippen molar-refractivity contribution in [1.29, 1.82) is 0 Å². The van der Waals surface area contributed by atoms with Gasteiger partial charge in [-0.1, -0.05) is 0 Å². The van der Waals surface area contributed by atoms with Crippen LogP contribution in [0.4, 0.5) is 4.79 Å². The summed E-state index contributed by atoms with van der Waals surface area (Å²) in [5, 5.41) is 11.3. The van der Waals surface area contributed by atoms with Gasteiger partial charge in [0.2, 0.25) is 0 Å². The first-order valence-corrected chi connectivity index (χ1v) is 8.84. The Hall–Kier alpha value is -2.48. The summed E-state index contributed by atoms with van der Waals surface area (Å²) in [7, 11) is 0. The van der Waals surface area contributed by atoms with Crippen LogP contribution in [0.25, 0.3) is 0 Å². The number of pyridine rings is 1. The number of carbonyl (C=O) groups excluding carboxylic acids is 1. The minimum absolute atomic E-state index is 0.0149. The number of amides is 2. The molecule has 0 atom stereocenters. The second-order valence-corrected chi connectivity index (χ2v) is 6.57. The van der Waals surface area contributed by atoms with Crippen molar-refractivity contribution in [2.75, 3.05) is 26.2 Å². The SMILES string of the molecule is O=C(NCc1nnc2n1CCC2)N1CCN(Cc2ccncc2)CC1. The molecule has 0 bridgehead atoms. The quantitative estimate of drug-likeness (QED) is 0.883. The fourth-order valence-corrected chi connectivity index (χ4v) is 3.46. The maximum atomic E-state index is 12.4. The molecule has 8 heteroatoms. The highest BCUT2D eigenvalue weighted by atomic mass is 16.2. The lowest BCUT2D eigenvalue weighted by Gasteiger charge is -2.34. The summed E-state index contributed by atoms with van der Waals surface area (Å²) in [4.78, 5) is 20.7. The van der Waals surface area contributed by atoms with Gasteiger partial charge in [-0.15, -0.1) is 10.2 Å². The molecule has 0 unspecified atom stereocenters. The molecule has 132 valence electrons. The molecular formula is C17H23N7O. The van der Waals surface area contributed by atoms with Gasteiger partial charge in [-0.25, -0.2) is 4.79 Å². The standard InChI is InChI=1S/C17H23N7O/c25-17(19-12-16-21-20-15-2-1-7-24(15)16)23-10-8-22(9-11-23)13-14-3-5-18-6-4-14/h3-6H,1-2,7-13H2,(H,19,25). The topological polar surface area (TPSA) is 79.2 Å². The average Bonchev–Trinajstić information content (AvgIpc) is 3.25. The molecule has 1 saturated heterocycles. The van der Waals surface area contributed by atoms with E-state index in [0.717, 1.165) is 63.8 Å². The minimum Gasteiger partial charge on any atom is -0.331 e. The highest BCUT2D eigenvalue weighted by molar-refractivity contribution is 5.74. The number of hydrogen-bond donors (Lipinski definition) is 1. The van der Waals surface area contributed by atoms with Gasteiger partial charge in [-0.2, -0.15) is 0 Å². The number of aromatic nitrogens is 4. The fraction of sp³-hybridized carbons (Fsp3) is 0.529. The Morgan fingerprint density at radius 3 is 2.68 bits per heavy atom. The van der Waals surface area contributed by atoms with Crippen LogP contribution >= 0.6 is 0 Å². The van der Waals surface area contributed by atoms with Crippen molar-refractivity contribution >= 4 is 6.03 Å². The largest absolute Gasteiger partial charge is 0.331 e. The van der Waals surface area contributed by atoms with Gasteiger partial charge in [-0.3, -0.25) is 9.88 Å². The van der Waals surface area contributed by atoms with Crippen LogP contribution in [0.15, 0.2) is 24.5 Å². The third-order valence-electron chi connectivity index (χ3n) is 4.90. The van der Waals surface area contributed by atoms with Gasteiger partial charge in [0.1, 0.15) is 5.82 Å². The van der Waals surface area contributed by atoms with Gasteiger partial charge in [0.25, 0.3) is 0 Å². The summed E-state index contributed by atoms with van der Waals surface area (Å²) < 4.78 is 2.12. The molecule has 8 nitrogen and oxygen atoms in total. The number of aryl methyl sites for hydroxylation is 1. The van der Waals surface area contributed by atoms with Crippen molar-refractivity contribution in [2.24, 2.45) is 0 Å². The van der Waals surface area contributed by atoms with Crippen LogP contribution in [0.1, 0.15) is 23.6 Å². The van der Waals surface area contributed by atoms with E-state index < -0.39 is 0 Å².